The maximum atomic E-state index is 11.7. The first-order valence-corrected chi connectivity index (χ1v) is 6.98. The Morgan fingerprint density at radius 2 is 2.38 bits per heavy atom. The summed E-state index contributed by atoms with van der Waals surface area (Å²) < 4.78 is 1.05. The van der Waals surface area contributed by atoms with Crippen LogP contribution in [0.25, 0.3) is 0 Å². The molecule has 1 rings (SSSR count). The molecule has 16 heavy (non-hydrogen) atoms. The molecule has 3 N–H and O–H groups in total. The lowest BCUT2D eigenvalue weighted by Gasteiger charge is -2.17. The van der Waals surface area contributed by atoms with Gasteiger partial charge in [0.1, 0.15) is 0 Å². The standard InChI is InChI=1S/C11H17BrN2OS/c1-3-7(2)10(13)11(15)14-5-9-4-8(12)6-16-9/h4,6-7,10H,3,5,13H2,1-2H3,(H,14,15)/t7-,10-/m0/s1. The van der Waals surface area contributed by atoms with Crippen LogP contribution >= 0.6 is 27.3 Å². The van der Waals surface area contributed by atoms with E-state index in [4.69, 9.17) is 5.73 Å². The summed E-state index contributed by atoms with van der Waals surface area (Å²) in [4.78, 5) is 12.8. The molecule has 0 fully saturated rings. The molecule has 90 valence electrons. The maximum Gasteiger partial charge on any atom is 0.237 e. The third-order valence-electron chi connectivity index (χ3n) is 2.62. The zero-order valence-electron chi connectivity index (χ0n) is 9.50. The van der Waals surface area contributed by atoms with Gasteiger partial charge in [0.2, 0.25) is 5.91 Å². The topological polar surface area (TPSA) is 55.1 Å². The number of amides is 1. The monoisotopic (exact) mass is 304 g/mol. The van der Waals surface area contributed by atoms with Crippen LogP contribution < -0.4 is 11.1 Å². The first-order valence-electron chi connectivity index (χ1n) is 5.30. The molecule has 0 saturated carbocycles. The number of nitrogens with one attached hydrogen (secondary N) is 1. The van der Waals surface area contributed by atoms with Crippen LogP contribution in [-0.4, -0.2) is 11.9 Å². The smallest absolute Gasteiger partial charge is 0.237 e. The minimum absolute atomic E-state index is 0.0705. The number of hydrogen-bond donors (Lipinski definition) is 2. The van der Waals surface area contributed by atoms with Crippen molar-refractivity contribution in [2.24, 2.45) is 11.7 Å². The van der Waals surface area contributed by atoms with Crippen LogP contribution in [0.1, 0.15) is 25.1 Å². The number of rotatable bonds is 5. The third-order valence-corrected chi connectivity index (χ3v) is 4.32. The fraction of sp³-hybridized carbons (Fsp3) is 0.545. The lowest BCUT2D eigenvalue weighted by atomic mass is 9.99. The van der Waals surface area contributed by atoms with Crippen molar-refractivity contribution in [3.05, 3.63) is 20.8 Å². The minimum Gasteiger partial charge on any atom is -0.350 e. The van der Waals surface area contributed by atoms with Crippen molar-refractivity contribution >= 4 is 33.2 Å². The summed E-state index contributed by atoms with van der Waals surface area (Å²) in [7, 11) is 0. The average molecular weight is 305 g/mol. The zero-order valence-corrected chi connectivity index (χ0v) is 11.9. The van der Waals surface area contributed by atoms with Crippen molar-refractivity contribution in [3.8, 4) is 0 Å². The van der Waals surface area contributed by atoms with Crippen LogP contribution in [-0.2, 0) is 11.3 Å². The molecule has 1 aromatic rings. The van der Waals surface area contributed by atoms with E-state index in [2.05, 4.69) is 21.2 Å². The minimum atomic E-state index is -0.409. The van der Waals surface area contributed by atoms with Gasteiger partial charge in [0.15, 0.2) is 0 Å². The normalized spacial score (nSPS) is 14.5. The summed E-state index contributed by atoms with van der Waals surface area (Å²) >= 11 is 4.99. The molecule has 0 spiro atoms. The molecule has 0 aliphatic carbocycles. The Kier molecular flexibility index (Phi) is 5.44. The number of hydrogen-bond acceptors (Lipinski definition) is 3. The van der Waals surface area contributed by atoms with E-state index < -0.39 is 6.04 Å². The van der Waals surface area contributed by atoms with Gasteiger partial charge < -0.3 is 11.1 Å². The number of thiophene rings is 1. The van der Waals surface area contributed by atoms with E-state index in [1.807, 2.05) is 25.3 Å². The van der Waals surface area contributed by atoms with Gasteiger partial charge in [-0.15, -0.1) is 11.3 Å². The molecule has 1 aromatic heterocycles. The molecule has 2 atom stereocenters. The van der Waals surface area contributed by atoms with Crippen LogP contribution in [0.2, 0.25) is 0 Å². The highest BCUT2D eigenvalue weighted by molar-refractivity contribution is 9.10. The Hall–Kier alpha value is -0.390. The summed E-state index contributed by atoms with van der Waals surface area (Å²) in [5, 5.41) is 4.85. The molecule has 5 heteroatoms. The fourth-order valence-corrected chi connectivity index (χ4v) is 2.64. The van der Waals surface area contributed by atoms with Crippen molar-refractivity contribution in [2.75, 3.05) is 0 Å². The molecule has 0 bridgehead atoms. The summed E-state index contributed by atoms with van der Waals surface area (Å²) in [6, 6.07) is 1.59. The molecular weight excluding hydrogens is 288 g/mol. The lowest BCUT2D eigenvalue weighted by molar-refractivity contribution is -0.123. The Labute approximate surface area is 109 Å². The molecule has 0 aliphatic rings. The number of nitrogens with two attached hydrogens (primary N) is 1. The number of carbonyl (C=O) groups excluding carboxylic acids is 1. The summed E-state index contributed by atoms with van der Waals surface area (Å²) in [5.41, 5.74) is 5.82. The largest absolute Gasteiger partial charge is 0.350 e. The van der Waals surface area contributed by atoms with E-state index in [0.29, 0.717) is 6.54 Å². The highest BCUT2D eigenvalue weighted by atomic mass is 79.9. The van der Waals surface area contributed by atoms with Gasteiger partial charge in [0, 0.05) is 14.7 Å². The van der Waals surface area contributed by atoms with Crippen LogP contribution in [0, 0.1) is 5.92 Å². The van der Waals surface area contributed by atoms with Crippen molar-refractivity contribution in [1.82, 2.24) is 5.32 Å². The summed E-state index contributed by atoms with van der Waals surface area (Å²) in [6.07, 6.45) is 0.916. The Bertz CT molecular complexity index is 354. The van der Waals surface area contributed by atoms with E-state index >= 15 is 0 Å². The second-order valence-electron chi connectivity index (χ2n) is 3.86. The maximum absolute atomic E-state index is 11.7. The van der Waals surface area contributed by atoms with Crippen molar-refractivity contribution in [1.29, 1.82) is 0 Å². The van der Waals surface area contributed by atoms with Crippen molar-refractivity contribution in [2.45, 2.75) is 32.9 Å². The highest BCUT2D eigenvalue weighted by Crippen LogP contribution is 2.19. The van der Waals surface area contributed by atoms with Gasteiger partial charge in [0.25, 0.3) is 0 Å². The molecule has 1 amide bonds. The van der Waals surface area contributed by atoms with Gasteiger partial charge in [-0.3, -0.25) is 4.79 Å². The Balaban J connectivity index is 2.40. The lowest BCUT2D eigenvalue weighted by Crippen LogP contribution is -2.44. The van der Waals surface area contributed by atoms with E-state index in [1.54, 1.807) is 11.3 Å². The third kappa shape index (κ3) is 3.88. The van der Waals surface area contributed by atoms with Gasteiger partial charge in [-0.25, -0.2) is 0 Å². The van der Waals surface area contributed by atoms with Gasteiger partial charge in [-0.1, -0.05) is 20.3 Å². The van der Waals surface area contributed by atoms with E-state index in [9.17, 15) is 4.79 Å². The molecule has 3 nitrogen and oxygen atoms in total. The number of carbonyl (C=O) groups is 1. The Morgan fingerprint density at radius 1 is 1.69 bits per heavy atom. The van der Waals surface area contributed by atoms with Crippen LogP contribution in [0.4, 0.5) is 0 Å². The van der Waals surface area contributed by atoms with Crippen molar-refractivity contribution in [3.63, 3.8) is 0 Å². The molecule has 0 saturated heterocycles. The fourth-order valence-electron chi connectivity index (χ4n) is 1.25. The van der Waals surface area contributed by atoms with Crippen molar-refractivity contribution < 1.29 is 4.79 Å². The second kappa shape index (κ2) is 6.37. The molecular formula is C11H17BrN2OS. The van der Waals surface area contributed by atoms with E-state index in [-0.39, 0.29) is 11.8 Å². The average Bonchev–Trinajstić information content (AvgIpc) is 2.69. The summed E-state index contributed by atoms with van der Waals surface area (Å²) in [6.45, 7) is 4.58. The summed E-state index contributed by atoms with van der Waals surface area (Å²) in [5.74, 6) is 0.147. The molecule has 0 aromatic carbocycles. The van der Waals surface area contributed by atoms with E-state index in [0.717, 1.165) is 15.8 Å². The Morgan fingerprint density at radius 3 is 2.88 bits per heavy atom. The molecule has 1 heterocycles. The van der Waals surface area contributed by atoms with Crippen LogP contribution in [0.5, 0.6) is 0 Å². The zero-order chi connectivity index (χ0) is 12.1. The van der Waals surface area contributed by atoms with Gasteiger partial charge in [-0.05, 0) is 27.9 Å². The first-order chi connectivity index (χ1) is 7.54. The quantitative estimate of drug-likeness (QED) is 0.878. The number of halogens is 1. The highest BCUT2D eigenvalue weighted by Gasteiger charge is 2.18. The first kappa shape index (κ1) is 13.7. The predicted octanol–water partition coefficient (Wildman–Crippen LogP) is 2.50. The molecule has 0 aliphatic heterocycles. The van der Waals surface area contributed by atoms with Crippen LogP contribution in [0.15, 0.2) is 15.9 Å². The van der Waals surface area contributed by atoms with Gasteiger partial charge in [0.05, 0.1) is 12.6 Å². The molecule has 0 radical (unpaired) electrons. The van der Waals surface area contributed by atoms with Gasteiger partial charge in [-0.2, -0.15) is 0 Å². The van der Waals surface area contributed by atoms with Gasteiger partial charge >= 0.3 is 0 Å². The second-order valence-corrected chi connectivity index (χ2v) is 5.77. The SMILES string of the molecule is CC[C@H](C)[C@H](N)C(=O)NCc1cc(Br)cs1. The molecule has 0 unspecified atom stereocenters. The van der Waals surface area contributed by atoms with Crippen LogP contribution in [0.3, 0.4) is 0 Å². The predicted molar refractivity (Wildman–Crippen MR) is 71.3 cm³/mol. The van der Waals surface area contributed by atoms with E-state index in [1.165, 1.54) is 0 Å².